The summed E-state index contributed by atoms with van der Waals surface area (Å²) in [5, 5.41) is -0.776. The van der Waals surface area contributed by atoms with Gasteiger partial charge in [0.05, 0.1) is 10.0 Å². The fourth-order valence-corrected chi connectivity index (χ4v) is 2.36. The van der Waals surface area contributed by atoms with Gasteiger partial charge in [0.25, 0.3) is 0 Å². The Morgan fingerprint density at radius 1 is 1.69 bits per heavy atom. The molecule has 0 radical (unpaired) electrons. The molecule has 1 heterocycles. The summed E-state index contributed by atoms with van der Waals surface area (Å²) in [6.07, 6.45) is 1.43. The summed E-state index contributed by atoms with van der Waals surface area (Å²) in [6, 6.07) is 3.12. The van der Waals surface area contributed by atoms with Crippen molar-refractivity contribution < 1.29 is 8.42 Å². The van der Waals surface area contributed by atoms with E-state index in [-0.39, 0.29) is 15.8 Å². The standard InChI is InChI=1S/C8H10ClN3O2S2/c1-5(7(10)15)16(13,14)12-8-6(9)3-2-4-11-8/h2-5H,1H3,(H2,10,15)(H,11,12). The molecule has 0 aliphatic rings. The minimum Gasteiger partial charge on any atom is -0.392 e. The van der Waals surface area contributed by atoms with Gasteiger partial charge in [0.1, 0.15) is 5.25 Å². The number of rotatable bonds is 4. The Bertz CT molecular complexity index is 504. The van der Waals surface area contributed by atoms with E-state index in [2.05, 4.69) is 21.9 Å². The molecule has 0 aliphatic carbocycles. The quantitative estimate of drug-likeness (QED) is 0.808. The highest BCUT2D eigenvalue weighted by molar-refractivity contribution is 7.95. The van der Waals surface area contributed by atoms with Crippen LogP contribution >= 0.6 is 23.8 Å². The number of halogens is 1. The highest BCUT2D eigenvalue weighted by atomic mass is 35.5. The zero-order chi connectivity index (χ0) is 12.3. The Morgan fingerprint density at radius 3 is 2.81 bits per heavy atom. The van der Waals surface area contributed by atoms with Crippen LogP contribution in [0, 0.1) is 0 Å². The van der Waals surface area contributed by atoms with Gasteiger partial charge < -0.3 is 5.73 Å². The monoisotopic (exact) mass is 279 g/mol. The van der Waals surface area contributed by atoms with E-state index in [9.17, 15) is 8.42 Å². The van der Waals surface area contributed by atoms with Gasteiger partial charge in [0.2, 0.25) is 10.0 Å². The predicted octanol–water partition coefficient (Wildman–Crippen LogP) is 1.15. The van der Waals surface area contributed by atoms with Gasteiger partial charge in [-0.2, -0.15) is 0 Å². The first kappa shape index (κ1) is 13.1. The maximum atomic E-state index is 11.7. The number of thiocarbonyl (C=S) groups is 1. The van der Waals surface area contributed by atoms with Gasteiger partial charge in [0.15, 0.2) is 5.82 Å². The highest BCUT2D eigenvalue weighted by Gasteiger charge is 2.24. The van der Waals surface area contributed by atoms with Crippen LogP contribution in [-0.2, 0) is 10.0 Å². The maximum absolute atomic E-state index is 11.7. The summed E-state index contributed by atoms with van der Waals surface area (Å²) in [5.41, 5.74) is 5.27. The summed E-state index contributed by atoms with van der Waals surface area (Å²) in [6.45, 7) is 1.39. The predicted molar refractivity (Wildman–Crippen MR) is 68.0 cm³/mol. The van der Waals surface area contributed by atoms with E-state index in [0.717, 1.165) is 0 Å². The molecule has 0 aromatic carbocycles. The lowest BCUT2D eigenvalue weighted by atomic mass is 10.5. The van der Waals surface area contributed by atoms with E-state index >= 15 is 0 Å². The van der Waals surface area contributed by atoms with Gasteiger partial charge in [0, 0.05) is 6.20 Å². The number of sulfonamides is 1. The lowest BCUT2D eigenvalue weighted by Crippen LogP contribution is -2.35. The molecule has 0 saturated heterocycles. The number of hydrogen-bond donors (Lipinski definition) is 2. The summed E-state index contributed by atoms with van der Waals surface area (Å²) < 4.78 is 25.7. The molecule has 1 aromatic rings. The lowest BCUT2D eigenvalue weighted by molar-refractivity contribution is 0.598. The minimum absolute atomic E-state index is 0.0623. The zero-order valence-corrected chi connectivity index (χ0v) is 10.7. The fourth-order valence-electron chi connectivity index (χ4n) is 0.837. The lowest BCUT2D eigenvalue weighted by Gasteiger charge is -2.13. The van der Waals surface area contributed by atoms with Crippen LogP contribution in [-0.4, -0.2) is 23.6 Å². The van der Waals surface area contributed by atoms with Crippen molar-refractivity contribution in [3.63, 3.8) is 0 Å². The molecule has 0 spiro atoms. The van der Waals surface area contributed by atoms with Crippen LogP contribution in [0.4, 0.5) is 5.82 Å². The number of pyridine rings is 1. The third-order valence-electron chi connectivity index (χ3n) is 1.86. The van der Waals surface area contributed by atoms with Gasteiger partial charge in [-0.1, -0.05) is 23.8 Å². The number of anilines is 1. The Labute approximate surface area is 104 Å². The molecule has 0 fully saturated rings. The van der Waals surface area contributed by atoms with Crippen molar-refractivity contribution in [1.29, 1.82) is 0 Å². The molecule has 1 unspecified atom stereocenters. The van der Waals surface area contributed by atoms with Crippen LogP contribution in [0.15, 0.2) is 18.3 Å². The van der Waals surface area contributed by atoms with Gasteiger partial charge in [-0.05, 0) is 19.1 Å². The van der Waals surface area contributed by atoms with Crippen LogP contribution in [0.1, 0.15) is 6.92 Å². The van der Waals surface area contributed by atoms with Crippen LogP contribution in [0.2, 0.25) is 5.02 Å². The van der Waals surface area contributed by atoms with E-state index in [1.54, 1.807) is 6.07 Å². The van der Waals surface area contributed by atoms with Crippen molar-refractivity contribution in [3.05, 3.63) is 23.4 Å². The smallest absolute Gasteiger partial charge is 0.243 e. The Kier molecular flexibility index (Phi) is 4.06. The molecule has 8 heteroatoms. The van der Waals surface area contributed by atoms with E-state index in [4.69, 9.17) is 17.3 Å². The molecule has 1 atom stereocenters. The topological polar surface area (TPSA) is 85.1 Å². The average molecular weight is 280 g/mol. The molecule has 5 nitrogen and oxygen atoms in total. The first-order valence-electron chi connectivity index (χ1n) is 4.26. The number of nitrogens with two attached hydrogens (primary N) is 1. The molecule has 0 amide bonds. The molecule has 1 aromatic heterocycles. The molecule has 88 valence electrons. The highest BCUT2D eigenvalue weighted by Crippen LogP contribution is 2.19. The molecule has 1 rings (SSSR count). The minimum atomic E-state index is -3.70. The molecule has 0 aliphatic heterocycles. The SMILES string of the molecule is CC(C(N)=S)S(=O)(=O)Nc1ncccc1Cl. The second kappa shape index (κ2) is 4.94. The Hall–Kier alpha value is -0.920. The van der Waals surface area contributed by atoms with Crippen molar-refractivity contribution >= 4 is 44.6 Å². The van der Waals surface area contributed by atoms with Crippen LogP contribution in [0.5, 0.6) is 0 Å². The second-order valence-corrected chi connectivity index (χ2v) is 5.91. The third-order valence-corrected chi connectivity index (χ3v) is 4.33. The first-order valence-corrected chi connectivity index (χ1v) is 6.59. The summed E-state index contributed by atoms with van der Waals surface area (Å²) in [5.74, 6) is 0.0623. The van der Waals surface area contributed by atoms with Gasteiger partial charge in [-0.25, -0.2) is 13.4 Å². The number of hydrogen-bond acceptors (Lipinski definition) is 4. The number of nitrogens with zero attached hydrogens (tertiary/aromatic N) is 1. The molecule has 3 N–H and O–H groups in total. The number of aromatic nitrogens is 1. The van der Waals surface area contributed by atoms with Crippen molar-refractivity contribution in [1.82, 2.24) is 4.98 Å². The molecular formula is C8H10ClN3O2S2. The van der Waals surface area contributed by atoms with Crippen LogP contribution in [0.3, 0.4) is 0 Å². The maximum Gasteiger partial charge on any atom is 0.243 e. The van der Waals surface area contributed by atoms with E-state index in [1.165, 1.54) is 19.2 Å². The number of nitrogens with one attached hydrogen (secondary N) is 1. The van der Waals surface area contributed by atoms with Crippen LogP contribution in [0.25, 0.3) is 0 Å². The van der Waals surface area contributed by atoms with Gasteiger partial charge in [-0.15, -0.1) is 0 Å². The normalized spacial score (nSPS) is 13.1. The van der Waals surface area contributed by atoms with Crippen molar-refractivity contribution in [2.45, 2.75) is 12.2 Å². The summed E-state index contributed by atoms with van der Waals surface area (Å²) in [7, 11) is -3.70. The fraction of sp³-hybridized carbons (Fsp3) is 0.250. The molecular weight excluding hydrogens is 270 g/mol. The van der Waals surface area contributed by atoms with E-state index < -0.39 is 15.3 Å². The average Bonchev–Trinajstić information content (AvgIpc) is 2.20. The largest absolute Gasteiger partial charge is 0.392 e. The molecule has 0 bridgehead atoms. The summed E-state index contributed by atoms with van der Waals surface area (Å²) >= 11 is 10.4. The second-order valence-electron chi connectivity index (χ2n) is 3.03. The van der Waals surface area contributed by atoms with Crippen molar-refractivity contribution in [3.8, 4) is 0 Å². The Balaban J connectivity index is 2.98. The first-order chi connectivity index (χ1) is 7.34. The molecule has 0 saturated carbocycles. The van der Waals surface area contributed by atoms with E-state index in [1.807, 2.05) is 0 Å². The summed E-state index contributed by atoms with van der Waals surface area (Å²) in [4.78, 5) is 3.69. The van der Waals surface area contributed by atoms with E-state index in [0.29, 0.717) is 0 Å². The third kappa shape index (κ3) is 3.03. The van der Waals surface area contributed by atoms with Crippen LogP contribution < -0.4 is 10.5 Å². The van der Waals surface area contributed by atoms with Crippen molar-refractivity contribution in [2.24, 2.45) is 5.73 Å². The molecule has 16 heavy (non-hydrogen) atoms. The van der Waals surface area contributed by atoms with Gasteiger partial charge >= 0.3 is 0 Å². The zero-order valence-electron chi connectivity index (χ0n) is 8.34. The Morgan fingerprint density at radius 2 is 2.31 bits per heavy atom. The van der Waals surface area contributed by atoms with Gasteiger partial charge in [-0.3, -0.25) is 4.72 Å². The van der Waals surface area contributed by atoms with Crippen molar-refractivity contribution in [2.75, 3.05) is 4.72 Å².